The highest BCUT2D eigenvalue weighted by atomic mass is 32.1. The van der Waals surface area contributed by atoms with Crippen molar-refractivity contribution in [3.8, 4) is 5.75 Å². The molecule has 1 heterocycles. The molecule has 1 fully saturated rings. The highest BCUT2D eigenvalue weighted by molar-refractivity contribution is 7.80. The molecule has 0 radical (unpaired) electrons. The Balaban J connectivity index is 1.83. The van der Waals surface area contributed by atoms with E-state index in [4.69, 9.17) is 21.7 Å². The van der Waals surface area contributed by atoms with E-state index in [-0.39, 0.29) is 23.7 Å². The minimum atomic E-state index is -0.373. The van der Waals surface area contributed by atoms with Gasteiger partial charge < -0.3 is 20.1 Å². The number of ether oxygens (including phenoxy) is 2. The predicted molar refractivity (Wildman–Crippen MR) is 84.1 cm³/mol. The lowest BCUT2D eigenvalue weighted by Crippen LogP contribution is -2.40. The van der Waals surface area contributed by atoms with Crippen molar-refractivity contribution in [2.24, 2.45) is 0 Å². The molecule has 21 heavy (non-hydrogen) atoms. The standard InChI is InChI=1S/C15H21FN2O2S/c1-10(11-5-6-14(19-2)13(16)8-11)18-15(21)17-9-12-4-3-7-20-12/h5-6,8,10,12H,3-4,7,9H2,1-2H3,(H2,17,18,21)/t10-,12-/m0/s1. The lowest BCUT2D eigenvalue weighted by Gasteiger charge is -2.19. The molecule has 2 N–H and O–H groups in total. The van der Waals surface area contributed by atoms with Crippen LogP contribution in [-0.2, 0) is 4.74 Å². The molecule has 0 aliphatic carbocycles. The van der Waals surface area contributed by atoms with Crippen LogP contribution in [0.15, 0.2) is 18.2 Å². The summed E-state index contributed by atoms with van der Waals surface area (Å²) in [5.74, 6) is -0.132. The van der Waals surface area contributed by atoms with E-state index in [9.17, 15) is 4.39 Å². The maximum absolute atomic E-state index is 13.7. The molecule has 0 saturated carbocycles. The molecule has 0 aromatic heterocycles. The van der Waals surface area contributed by atoms with Gasteiger partial charge in [0.05, 0.1) is 19.3 Å². The Morgan fingerprint density at radius 3 is 3.00 bits per heavy atom. The third kappa shape index (κ3) is 4.54. The Morgan fingerprint density at radius 2 is 2.38 bits per heavy atom. The highest BCUT2D eigenvalue weighted by Crippen LogP contribution is 2.21. The van der Waals surface area contributed by atoms with Crippen LogP contribution in [0.2, 0.25) is 0 Å². The summed E-state index contributed by atoms with van der Waals surface area (Å²) in [6, 6.07) is 4.81. The van der Waals surface area contributed by atoms with E-state index in [2.05, 4.69) is 10.6 Å². The molecule has 0 bridgehead atoms. The second kappa shape index (κ2) is 7.56. The Labute approximate surface area is 130 Å². The van der Waals surface area contributed by atoms with E-state index in [1.54, 1.807) is 6.07 Å². The summed E-state index contributed by atoms with van der Waals surface area (Å²) in [7, 11) is 1.45. The number of hydrogen-bond acceptors (Lipinski definition) is 3. The van der Waals surface area contributed by atoms with E-state index in [0.29, 0.717) is 11.7 Å². The van der Waals surface area contributed by atoms with E-state index in [1.807, 2.05) is 13.0 Å². The highest BCUT2D eigenvalue weighted by Gasteiger charge is 2.16. The van der Waals surface area contributed by atoms with Gasteiger partial charge in [-0.1, -0.05) is 6.07 Å². The zero-order valence-corrected chi connectivity index (χ0v) is 13.1. The lowest BCUT2D eigenvalue weighted by molar-refractivity contribution is 0.114. The molecule has 0 unspecified atom stereocenters. The maximum Gasteiger partial charge on any atom is 0.166 e. The average molecular weight is 312 g/mol. The summed E-state index contributed by atoms with van der Waals surface area (Å²) in [6.07, 6.45) is 2.40. The fraction of sp³-hybridized carbons (Fsp3) is 0.533. The van der Waals surface area contributed by atoms with Crippen LogP contribution in [0.5, 0.6) is 5.75 Å². The van der Waals surface area contributed by atoms with Crippen molar-refractivity contribution in [1.82, 2.24) is 10.6 Å². The first-order valence-electron chi connectivity index (χ1n) is 7.09. The molecule has 116 valence electrons. The fourth-order valence-corrected chi connectivity index (χ4v) is 2.55. The molecule has 6 heteroatoms. The summed E-state index contributed by atoms with van der Waals surface area (Å²) in [5, 5.41) is 6.83. The molecule has 4 nitrogen and oxygen atoms in total. The van der Waals surface area contributed by atoms with Crippen molar-refractivity contribution < 1.29 is 13.9 Å². The maximum atomic E-state index is 13.7. The minimum Gasteiger partial charge on any atom is -0.494 e. The van der Waals surface area contributed by atoms with Crippen molar-refractivity contribution in [3.05, 3.63) is 29.6 Å². The first-order valence-corrected chi connectivity index (χ1v) is 7.50. The number of nitrogens with one attached hydrogen (secondary N) is 2. The van der Waals surface area contributed by atoms with Crippen LogP contribution in [0, 0.1) is 5.82 Å². The van der Waals surface area contributed by atoms with Crippen LogP contribution in [-0.4, -0.2) is 31.5 Å². The van der Waals surface area contributed by atoms with Gasteiger partial charge in [-0.05, 0) is 49.7 Å². The summed E-state index contributed by atoms with van der Waals surface area (Å²) in [6.45, 7) is 3.46. The summed E-state index contributed by atoms with van der Waals surface area (Å²) >= 11 is 5.25. The van der Waals surface area contributed by atoms with Gasteiger partial charge in [-0.2, -0.15) is 0 Å². The van der Waals surface area contributed by atoms with Crippen molar-refractivity contribution >= 4 is 17.3 Å². The Morgan fingerprint density at radius 1 is 1.57 bits per heavy atom. The molecular formula is C15H21FN2O2S. The van der Waals surface area contributed by atoms with Crippen LogP contribution in [0.3, 0.4) is 0 Å². The van der Waals surface area contributed by atoms with Gasteiger partial charge >= 0.3 is 0 Å². The molecule has 0 spiro atoms. The fourth-order valence-electron chi connectivity index (χ4n) is 2.29. The summed E-state index contributed by atoms with van der Waals surface area (Å²) in [5.41, 5.74) is 0.814. The van der Waals surface area contributed by atoms with Crippen LogP contribution in [0.1, 0.15) is 31.4 Å². The van der Waals surface area contributed by atoms with Crippen LogP contribution in [0.4, 0.5) is 4.39 Å². The van der Waals surface area contributed by atoms with Crippen molar-refractivity contribution in [2.75, 3.05) is 20.3 Å². The molecular weight excluding hydrogens is 291 g/mol. The number of thiocarbonyl (C=S) groups is 1. The van der Waals surface area contributed by atoms with Crippen LogP contribution in [0.25, 0.3) is 0 Å². The largest absolute Gasteiger partial charge is 0.494 e. The number of hydrogen-bond donors (Lipinski definition) is 2. The first kappa shape index (κ1) is 16.0. The second-order valence-electron chi connectivity index (χ2n) is 5.11. The van der Waals surface area contributed by atoms with Gasteiger partial charge in [0.15, 0.2) is 16.7 Å². The molecule has 1 aromatic carbocycles. The lowest BCUT2D eigenvalue weighted by atomic mass is 10.1. The molecule has 1 aromatic rings. The average Bonchev–Trinajstić information content (AvgIpc) is 2.98. The molecule has 2 atom stereocenters. The Hall–Kier alpha value is -1.40. The number of rotatable bonds is 5. The SMILES string of the molecule is COc1ccc([C@H](C)NC(=S)NC[C@@H]2CCCO2)cc1F. The second-order valence-corrected chi connectivity index (χ2v) is 5.51. The van der Waals surface area contributed by atoms with E-state index < -0.39 is 0 Å². The zero-order valence-electron chi connectivity index (χ0n) is 12.3. The van der Waals surface area contributed by atoms with E-state index in [1.165, 1.54) is 13.2 Å². The minimum absolute atomic E-state index is 0.0881. The first-order chi connectivity index (χ1) is 10.1. The van der Waals surface area contributed by atoms with Gasteiger partial charge in [0, 0.05) is 13.2 Å². The van der Waals surface area contributed by atoms with Gasteiger partial charge in [-0.25, -0.2) is 4.39 Å². The topological polar surface area (TPSA) is 42.5 Å². The predicted octanol–water partition coefficient (Wildman–Crippen LogP) is 2.54. The third-order valence-corrected chi connectivity index (χ3v) is 3.80. The molecule has 0 amide bonds. The van der Waals surface area contributed by atoms with Crippen molar-refractivity contribution in [3.63, 3.8) is 0 Å². The smallest absolute Gasteiger partial charge is 0.166 e. The third-order valence-electron chi connectivity index (χ3n) is 3.54. The Kier molecular flexibility index (Phi) is 5.76. The van der Waals surface area contributed by atoms with Crippen LogP contribution < -0.4 is 15.4 Å². The van der Waals surface area contributed by atoms with Gasteiger partial charge in [0.2, 0.25) is 0 Å². The van der Waals surface area contributed by atoms with Gasteiger partial charge in [0.25, 0.3) is 0 Å². The van der Waals surface area contributed by atoms with E-state index in [0.717, 1.165) is 25.0 Å². The summed E-state index contributed by atoms with van der Waals surface area (Å²) < 4.78 is 24.1. The zero-order chi connectivity index (χ0) is 15.2. The van der Waals surface area contributed by atoms with Gasteiger partial charge in [-0.3, -0.25) is 0 Å². The summed E-state index contributed by atoms with van der Waals surface area (Å²) in [4.78, 5) is 0. The van der Waals surface area contributed by atoms with E-state index >= 15 is 0 Å². The monoisotopic (exact) mass is 312 g/mol. The van der Waals surface area contributed by atoms with Gasteiger partial charge in [-0.15, -0.1) is 0 Å². The van der Waals surface area contributed by atoms with Crippen molar-refractivity contribution in [2.45, 2.75) is 31.9 Å². The quantitative estimate of drug-likeness (QED) is 0.818. The van der Waals surface area contributed by atoms with Crippen LogP contribution >= 0.6 is 12.2 Å². The molecule has 2 rings (SSSR count). The normalized spacial score (nSPS) is 19.1. The molecule has 1 aliphatic rings. The number of halogens is 1. The number of benzene rings is 1. The number of methoxy groups -OCH3 is 1. The molecule has 1 saturated heterocycles. The Bertz CT molecular complexity index is 493. The van der Waals surface area contributed by atoms with Gasteiger partial charge in [0.1, 0.15) is 0 Å². The van der Waals surface area contributed by atoms with Crippen molar-refractivity contribution in [1.29, 1.82) is 0 Å². The molecule has 1 aliphatic heterocycles.